The lowest BCUT2D eigenvalue weighted by molar-refractivity contribution is 0.213. The molecule has 0 aliphatic carbocycles. The van der Waals surface area contributed by atoms with E-state index in [1.54, 1.807) is 0 Å². The summed E-state index contributed by atoms with van der Waals surface area (Å²) in [6.45, 7) is 0.763. The van der Waals surface area contributed by atoms with Crippen LogP contribution in [0.2, 0.25) is 0 Å². The lowest BCUT2D eigenvalue weighted by Gasteiger charge is -2.21. The molecule has 7 nitrogen and oxygen atoms in total. The topological polar surface area (TPSA) is 95.0 Å². The zero-order chi connectivity index (χ0) is 19.6. The molecule has 2 N–H and O–H groups in total. The third kappa shape index (κ3) is 6.45. The standard InChI is InChI=1S/C20H27N5O2S/c26-18(14-16-8-4-3-5-9-16)12-11-17-15-28-20(27)25(17)13-7-2-1-6-10-19-21-23-24-22-19/h3-5,8-9,11-12,17-18,26H,1-2,6-7,10,13-15H2,(H,21,22,23,24). The van der Waals surface area contributed by atoms with Gasteiger partial charge in [-0.05, 0) is 28.8 Å². The van der Waals surface area contributed by atoms with Crippen molar-refractivity contribution in [1.82, 2.24) is 25.5 Å². The molecule has 1 amide bonds. The minimum absolute atomic E-state index is 0.0724. The summed E-state index contributed by atoms with van der Waals surface area (Å²) in [6.07, 6.45) is 8.91. The molecule has 8 heteroatoms. The fourth-order valence-corrected chi connectivity index (χ4v) is 4.27. The van der Waals surface area contributed by atoms with Crippen molar-refractivity contribution in [3.63, 3.8) is 0 Å². The largest absolute Gasteiger partial charge is 0.389 e. The first-order valence-corrected chi connectivity index (χ1v) is 10.8. The van der Waals surface area contributed by atoms with E-state index in [-0.39, 0.29) is 11.3 Å². The van der Waals surface area contributed by atoms with Crippen molar-refractivity contribution in [2.24, 2.45) is 0 Å². The lowest BCUT2D eigenvalue weighted by atomic mass is 10.1. The molecule has 3 rings (SSSR count). The number of carbonyl (C=O) groups excluding carboxylic acids is 1. The van der Waals surface area contributed by atoms with E-state index < -0.39 is 6.10 Å². The maximum absolute atomic E-state index is 12.2. The van der Waals surface area contributed by atoms with Gasteiger partial charge in [0.2, 0.25) is 0 Å². The van der Waals surface area contributed by atoms with Crippen molar-refractivity contribution in [2.45, 2.75) is 50.7 Å². The number of nitrogens with one attached hydrogen (secondary N) is 1. The van der Waals surface area contributed by atoms with Gasteiger partial charge >= 0.3 is 0 Å². The van der Waals surface area contributed by atoms with Gasteiger partial charge < -0.3 is 10.0 Å². The normalized spacial score (nSPS) is 18.2. The van der Waals surface area contributed by atoms with E-state index in [0.29, 0.717) is 6.42 Å². The number of aromatic amines is 1. The van der Waals surface area contributed by atoms with Crippen LogP contribution in [-0.4, -0.2) is 60.3 Å². The number of thioether (sulfide) groups is 1. The predicted molar refractivity (Wildman–Crippen MR) is 110 cm³/mol. The van der Waals surface area contributed by atoms with Crippen LogP contribution in [0.5, 0.6) is 0 Å². The summed E-state index contributed by atoms with van der Waals surface area (Å²) in [6, 6.07) is 10.0. The number of benzene rings is 1. The van der Waals surface area contributed by atoms with Gasteiger partial charge in [-0.1, -0.05) is 67.1 Å². The highest BCUT2D eigenvalue weighted by molar-refractivity contribution is 8.13. The second-order valence-corrected chi connectivity index (χ2v) is 7.96. The van der Waals surface area contributed by atoms with Crippen molar-refractivity contribution in [1.29, 1.82) is 0 Å². The molecular weight excluding hydrogens is 374 g/mol. The molecule has 1 aromatic heterocycles. The number of aliphatic hydroxyl groups is 1. The molecule has 1 fully saturated rings. The average molecular weight is 402 g/mol. The van der Waals surface area contributed by atoms with Crippen LogP contribution in [0.25, 0.3) is 0 Å². The number of hydrogen-bond donors (Lipinski definition) is 2. The third-order valence-corrected chi connectivity index (χ3v) is 5.80. The summed E-state index contributed by atoms with van der Waals surface area (Å²) in [5.74, 6) is 1.58. The van der Waals surface area contributed by atoms with Crippen LogP contribution in [0.15, 0.2) is 42.5 Å². The zero-order valence-electron chi connectivity index (χ0n) is 15.9. The summed E-state index contributed by atoms with van der Waals surface area (Å²) >= 11 is 1.36. The van der Waals surface area contributed by atoms with Crippen molar-refractivity contribution in [2.75, 3.05) is 12.3 Å². The van der Waals surface area contributed by atoms with Gasteiger partial charge in [-0.15, -0.1) is 5.10 Å². The van der Waals surface area contributed by atoms with E-state index >= 15 is 0 Å². The minimum Gasteiger partial charge on any atom is -0.389 e. The summed E-state index contributed by atoms with van der Waals surface area (Å²) in [7, 11) is 0. The molecule has 2 unspecified atom stereocenters. The molecule has 1 aliphatic heterocycles. The molecule has 2 atom stereocenters. The number of carbonyl (C=O) groups is 1. The molecule has 150 valence electrons. The Kier molecular flexibility index (Phi) is 8.05. The quantitative estimate of drug-likeness (QED) is 0.444. The highest BCUT2D eigenvalue weighted by Gasteiger charge is 2.29. The first-order chi connectivity index (χ1) is 13.7. The van der Waals surface area contributed by atoms with Gasteiger partial charge in [0.1, 0.15) is 5.82 Å². The van der Waals surface area contributed by atoms with Crippen LogP contribution < -0.4 is 0 Å². The summed E-state index contributed by atoms with van der Waals surface area (Å²) in [5.41, 5.74) is 1.11. The second kappa shape index (κ2) is 11.0. The SMILES string of the molecule is O=C1SCC(C=CC(O)Cc2ccccc2)N1CCCCCCc1nnn[nH]1. The van der Waals surface area contributed by atoms with Crippen LogP contribution in [-0.2, 0) is 12.8 Å². The van der Waals surface area contributed by atoms with Gasteiger partial charge in [0.25, 0.3) is 5.24 Å². The molecule has 1 saturated heterocycles. The molecular formula is C20H27N5O2S. The first kappa shape index (κ1) is 20.5. The van der Waals surface area contributed by atoms with E-state index in [9.17, 15) is 9.90 Å². The predicted octanol–water partition coefficient (Wildman–Crippen LogP) is 3.00. The van der Waals surface area contributed by atoms with Crippen LogP contribution in [0, 0.1) is 0 Å². The van der Waals surface area contributed by atoms with Crippen molar-refractivity contribution >= 4 is 17.0 Å². The number of aryl methyl sites for hydroxylation is 1. The van der Waals surface area contributed by atoms with Crippen LogP contribution in [0.1, 0.15) is 37.1 Å². The Bertz CT molecular complexity index is 738. The number of H-pyrrole nitrogens is 1. The lowest BCUT2D eigenvalue weighted by Crippen LogP contribution is -2.33. The van der Waals surface area contributed by atoms with E-state index in [1.807, 2.05) is 47.4 Å². The van der Waals surface area contributed by atoms with Crippen LogP contribution in [0.4, 0.5) is 4.79 Å². The third-order valence-electron chi connectivity index (χ3n) is 4.81. The smallest absolute Gasteiger partial charge is 0.282 e. The van der Waals surface area contributed by atoms with E-state index in [2.05, 4.69) is 20.6 Å². The number of nitrogens with zero attached hydrogens (tertiary/aromatic N) is 4. The number of amides is 1. The molecule has 1 aromatic carbocycles. The number of aliphatic hydroxyl groups excluding tert-OH is 1. The molecule has 0 bridgehead atoms. The van der Waals surface area contributed by atoms with E-state index in [4.69, 9.17) is 0 Å². The Morgan fingerprint density at radius 2 is 2.07 bits per heavy atom. The monoisotopic (exact) mass is 401 g/mol. The summed E-state index contributed by atoms with van der Waals surface area (Å²) < 4.78 is 0. The van der Waals surface area contributed by atoms with Crippen molar-refractivity contribution in [3.8, 4) is 0 Å². The molecule has 0 spiro atoms. The van der Waals surface area contributed by atoms with E-state index in [0.717, 1.165) is 55.8 Å². The molecule has 0 saturated carbocycles. The Morgan fingerprint density at radius 3 is 2.86 bits per heavy atom. The Labute approximate surface area is 169 Å². The number of aromatic nitrogens is 4. The number of unbranched alkanes of at least 4 members (excludes halogenated alkanes) is 3. The van der Waals surface area contributed by atoms with Gasteiger partial charge in [0, 0.05) is 25.1 Å². The van der Waals surface area contributed by atoms with Gasteiger partial charge in [0.15, 0.2) is 0 Å². The number of tetrazole rings is 1. The number of hydrogen-bond acceptors (Lipinski definition) is 6. The maximum atomic E-state index is 12.2. The van der Waals surface area contributed by atoms with Gasteiger partial charge in [0.05, 0.1) is 12.1 Å². The van der Waals surface area contributed by atoms with E-state index in [1.165, 1.54) is 11.8 Å². The molecule has 2 heterocycles. The zero-order valence-corrected chi connectivity index (χ0v) is 16.7. The van der Waals surface area contributed by atoms with Crippen molar-refractivity contribution in [3.05, 3.63) is 53.9 Å². The van der Waals surface area contributed by atoms with Gasteiger partial charge in [-0.3, -0.25) is 4.79 Å². The number of rotatable bonds is 11. The Morgan fingerprint density at radius 1 is 1.25 bits per heavy atom. The molecule has 1 aliphatic rings. The summed E-state index contributed by atoms with van der Waals surface area (Å²) in [4.78, 5) is 14.1. The van der Waals surface area contributed by atoms with Crippen LogP contribution >= 0.6 is 11.8 Å². The minimum atomic E-state index is -0.532. The van der Waals surface area contributed by atoms with Crippen LogP contribution in [0.3, 0.4) is 0 Å². The summed E-state index contributed by atoms with van der Waals surface area (Å²) in [5, 5.41) is 24.2. The molecule has 2 aromatic rings. The fourth-order valence-electron chi connectivity index (χ4n) is 3.27. The van der Waals surface area contributed by atoms with Gasteiger partial charge in [-0.25, -0.2) is 5.10 Å². The second-order valence-electron chi connectivity index (χ2n) is 6.99. The van der Waals surface area contributed by atoms with Gasteiger partial charge in [-0.2, -0.15) is 0 Å². The first-order valence-electron chi connectivity index (χ1n) is 9.78. The molecule has 0 radical (unpaired) electrons. The average Bonchev–Trinajstić information content (AvgIpc) is 3.34. The highest BCUT2D eigenvalue weighted by Crippen LogP contribution is 2.25. The fraction of sp³-hybridized carbons (Fsp3) is 0.500. The van der Waals surface area contributed by atoms with Crippen molar-refractivity contribution < 1.29 is 9.90 Å². The highest BCUT2D eigenvalue weighted by atomic mass is 32.2. The molecule has 28 heavy (non-hydrogen) atoms. The Balaban J connectivity index is 1.37. The maximum Gasteiger partial charge on any atom is 0.282 e. The Hall–Kier alpha value is -2.19.